The lowest BCUT2D eigenvalue weighted by Gasteiger charge is -2.17. The van der Waals surface area contributed by atoms with Gasteiger partial charge in [0.25, 0.3) is 5.91 Å². The van der Waals surface area contributed by atoms with Gasteiger partial charge in [0, 0.05) is 17.5 Å². The second-order valence-electron chi connectivity index (χ2n) is 3.70. The zero-order valence-corrected chi connectivity index (χ0v) is 10.6. The van der Waals surface area contributed by atoms with Gasteiger partial charge in [-0.25, -0.2) is 13.1 Å². The minimum Gasteiger partial charge on any atom is -0.278 e. The molecule has 0 saturated carbocycles. The van der Waals surface area contributed by atoms with Crippen molar-refractivity contribution in [2.75, 3.05) is 11.9 Å². The Morgan fingerprint density at radius 3 is 2.22 bits per heavy atom. The van der Waals surface area contributed by atoms with Crippen molar-refractivity contribution >= 4 is 21.6 Å². The van der Waals surface area contributed by atoms with Crippen molar-refractivity contribution < 1.29 is 13.2 Å². The molecule has 18 heavy (non-hydrogen) atoms. The molecule has 94 valence electrons. The quantitative estimate of drug-likeness (QED) is 0.886. The van der Waals surface area contributed by atoms with E-state index in [1.807, 2.05) is 0 Å². The highest BCUT2D eigenvalue weighted by molar-refractivity contribution is 7.89. The van der Waals surface area contributed by atoms with Gasteiger partial charge in [0.1, 0.15) is 0 Å². The first-order valence-corrected chi connectivity index (χ1v) is 6.69. The third-order valence-corrected chi connectivity index (χ3v) is 4.03. The lowest BCUT2D eigenvalue weighted by atomic mass is 10.3. The van der Waals surface area contributed by atoms with Crippen LogP contribution in [-0.4, -0.2) is 21.4 Å². The third-order valence-electron chi connectivity index (χ3n) is 2.60. The normalized spacial score (nSPS) is 15.5. The fourth-order valence-corrected chi connectivity index (χ4v) is 2.37. The number of rotatable bonds is 3. The zero-order chi connectivity index (χ0) is 13.3. The smallest absolute Gasteiger partial charge is 0.255 e. The first-order chi connectivity index (χ1) is 8.45. The van der Waals surface area contributed by atoms with E-state index in [4.69, 9.17) is 0 Å². The van der Waals surface area contributed by atoms with Crippen LogP contribution in [-0.2, 0) is 14.8 Å². The highest BCUT2D eigenvalue weighted by Crippen LogP contribution is 2.24. The third kappa shape index (κ3) is 2.07. The van der Waals surface area contributed by atoms with Gasteiger partial charge in [0.15, 0.2) is 0 Å². The van der Waals surface area contributed by atoms with E-state index in [1.165, 1.54) is 30.2 Å². The summed E-state index contributed by atoms with van der Waals surface area (Å²) in [4.78, 5) is 13.1. The van der Waals surface area contributed by atoms with Crippen molar-refractivity contribution in [3.8, 4) is 0 Å². The molecule has 0 unspecified atom stereocenters. The summed E-state index contributed by atoms with van der Waals surface area (Å²) in [5.74, 6) is -0.191. The predicted octanol–water partition coefficient (Wildman–Crippen LogP) is 1.01. The molecule has 1 aliphatic rings. The fourth-order valence-electron chi connectivity index (χ4n) is 1.64. The summed E-state index contributed by atoms with van der Waals surface area (Å²) in [6, 6.07) is 6.03. The lowest BCUT2D eigenvalue weighted by Crippen LogP contribution is -2.23. The number of carbonyl (C=O) groups is 1. The Morgan fingerprint density at radius 2 is 1.78 bits per heavy atom. The van der Waals surface area contributed by atoms with Crippen molar-refractivity contribution in [3.05, 3.63) is 48.7 Å². The van der Waals surface area contributed by atoms with Crippen molar-refractivity contribution in [1.82, 2.24) is 4.72 Å². The molecule has 0 spiro atoms. The van der Waals surface area contributed by atoms with Crippen molar-refractivity contribution in [2.45, 2.75) is 4.90 Å². The molecular weight excluding hydrogens is 252 g/mol. The minimum atomic E-state index is -3.46. The Morgan fingerprint density at radius 1 is 1.17 bits per heavy atom. The molecule has 5 nitrogen and oxygen atoms in total. The molecule has 0 saturated heterocycles. The molecule has 0 aromatic heterocycles. The van der Waals surface area contributed by atoms with Gasteiger partial charge in [-0.05, 0) is 37.4 Å². The van der Waals surface area contributed by atoms with E-state index in [-0.39, 0.29) is 10.8 Å². The molecule has 1 aromatic carbocycles. The van der Waals surface area contributed by atoms with E-state index in [0.29, 0.717) is 11.4 Å². The number of hydrogen-bond donors (Lipinski definition) is 1. The first kappa shape index (κ1) is 12.5. The van der Waals surface area contributed by atoms with Crippen LogP contribution in [0.3, 0.4) is 0 Å². The van der Waals surface area contributed by atoms with E-state index in [1.54, 1.807) is 18.2 Å². The lowest BCUT2D eigenvalue weighted by molar-refractivity contribution is -0.113. The number of allylic oxidation sites excluding steroid dienone is 1. The standard InChI is InChI=1S/C12H12N2O3S/c1-9-3-8-12(15)14(9)10-4-6-11(7-5-10)18(16,17)13-2/h3-8,13H,1H2,2H3. The molecule has 1 heterocycles. The number of amides is 1. The van der Waals surface area contributed by atoms with Gasteiger partial charge in [-0.1, -0.05) is 6.58 Å². The minimum absolute atomic E-state index is 0.152. The van der Waals surface area contributed by atoms with Crippen LogP contribution in [0.5, 0.6) is 0 Å². The van der Waals surface area contributed by atoms with E-state index in [0.717, 1.165) is 0 Å². The number of anilines is 1. The molecule has 0 fully saturated rings. The highest BCUT2D eigenvalue weighted by Gasteiger charge is 2.21. The number of carbonyl (C=O) groups excluding carboxylic acids is 1. The molecule has 1 aliphatic heterocycles. The Balaban J connectivity index is 2.35. The fraction of sp³-hybridized carbons (Fsp3) is 0.0833. The molecule has 2 rings (SSSR count). The summed E-state index contributed by atoms with van der Waals surface area (Å²) >= 11 is 0. The Kier molecular flexibility index (Phi) is 3.06. The van der Waals surface area contributed by atoms with E-state index in [9.17, 15) is 13.2 Å². The van der Waals surface area contributed by atoms with Gasteiger partial charge in [-0.3, -0.25) is 9.69 Å². The van der Waals surface area contributed by atoms with Crippen LogP contribution in [0.1, 0.15) is 0 Å². The Hall–Kier alpha value is -1.92. The summed E-state index contributed by atoms with van der Waals surface area (Å²) in [5.41, 5.74) is 1.15. The summed E-state index contributed by atoms with van der Waals surface area (Å²) < 4.78 is 25.3. The zero-order valence-electron chi connectivity index (χ0n) is 9.75. The van der Waals surface area contributed by atoms with E-state index >= 15 is 0 Å². The number of nitrogens with zero attached hydrogens (tertiary/aromatic N) is 1. The number of nitrogens with one attached hydrogen (secondary N) is 1. The SMILES string of the molecule is C=C1C=CC(=O)N1c1ccc(S(=O)(=O)NC)cc1. The number of sulfonamides is 1. The van der Waals surface area contributed by atoms with Crippen LogP contribution in [0.25, 0.3) is 0 Å². The summed E-state index contributed by atoms with van der Waals surface area (Å²) in [7, 11) is -2.11. The Bertz CT molecular complexity index is 612. The summed E-state index contributed by atoms with van der Waals surface area (Å²) in [6.07, 6.45) is 3.03. The molecule has 1 N–H and O–H groups in total. The van der Waals surface area contributed by atoms with Crippen LogP contribution < -0.4 is 9.62 Å². The average Bonchev–Trinajstić information content (AvgIpc) is 2.69. The van der Waals surface area contributed by atoms with Crippen molar-refractivity contribution in [3.63, 3.8) is 0 Å². The van der Waals surface area contributed by atoms with Gasteiger partial charge in [0.2, 0.25) is 10.0 Å². The second-order valence-corrected chi connectivity index (χ2v) is 5.59. The van der Waals surface area contributed by atoms with Crippen LogP contribution in [0.4, 0.5) is 5.69 Å². The largest absolute Gasteiger partial charge is 0.278 e. The molecule has 0 atom stereocenters. The molecular formula is C12H12N2O3S. The monoisotopic (exact) mass is 264 g/mol. The maximum absolute atomic E-state index is 11.6. The van der Waals surface area contributed by atoms with Crippen LogP contribution in [0, 0.1) is 0 Å². The van der Waals surface area contributed by atoms with Gasteiger partial charge in [-0.2, -0.15) is 0 Å². The second kappa shape index (κ2) is 4.40. The first-order valence-electron chi connectivity index (χ1n) is 5.20. The van der Waals surface area contributed by atoms with Crippen molar-refractivity contribution in [2.24, 2.45) is 0 Å². The van der Waals surface area contributed by atoms with Gasteiger partial charge >= 0.3 is 0 Å². The predicted molar refractivity (Wildman–Crippen MR) is 68.5 cm³/mol. The van der Waals surface area contributed by atoms with Gasteiger partial charge < -0.3 is 0 Å². The Labute approximate surface area is 105 Å². The van der Waals surface area contributed by atoms with E-state index in [2.05, 4.69) is 11.3 Å². The maximum atomic E-state index is 11.6. The topological polar surface area (TPSA) is 66.5 Å². The molecule has 0 aliphatic carbocycles. The van der Waals surface area contributed by atoms with Gasteiger partial charge in [-0.15, -0.1) is 0 Å². The molecule has 0 bridgehead atoms. The van der Waals surface area contributed by atoms with Crippen molar-refractivity contribution in [1.29, 1.82) is 0 Å². The molecule has 1 amide bonds. The van der Waals surface area contributed by atoms with Crippen LogP contribution in [0.2, 0.25) is 0 Å². The molecule has 6 heteroatoms. The van der Waals surface area contributed by atoms with Gasteiger partial charge in [0.05, 0.1) is 4.90 Å². The van der Waals surface area contributed by atoms with Crippen LogP contribution in [0.15, 0.2) is 53.6 Å². The molecule has 0 radical (unpaired) electrons. The molecule has 1 aromatic rings. The summed E-state index contributed by atoms with van der Waals surface area (Å²) in [5, 5.41) is 0. The number of benzene rings is 1. The van der Waals surface area contributed by atoms with E-state index < -0.39 is 10.0 Å². The number of hydrogen-bond acceptors (Lipinski definition) is 3. The van der Waals surface area contributed by atoms with Crippen LogP contribution >= 0.6 is 0 Å². The summed E-state index contributed by atoms with van der Waals surface area (Å²) in [6.45, 7) is 3.74. The average molecular weight is 264 g/mol. The maximum Gasteiger partial charge on any atom is 0.255 e. The highest BCUT2D eigenvalue weighted by atomic mass is 32.2.